The number of carbonyl (C=O) groups is 1. The number of terminal acetylenes is 1. The fourth-order valence-corrected chi connectivity index (χ4v) is 4.04. The summed E-state index contributed by atoms with van der Waals surface area (Å²) in [6, 6.07) is 17.4. The number of aryl methyl sites for hydroxylation is 2. The van der Waals surface area contributed by atoms with Gasteiger partial charge in [0.15, 0.2) is 5.76 Å². The van der Waals surface area contributed by atoms with Crippen molar-refractivity contribution in [3.63, 3.8) is 0 Å². The molecule has 0 atom stereocenters. The van der Waals surface area contributed by atoms with Crippen LogP contribution in [0.4, 0.5) is 5.69 Å². The molecule has 1 amide bonds. The van der Waals surface area contributed by atoms with E-state index in [9.17, 15) is 14.9 Å². The van der Waals surface area contributed by atoms with Gasteiger partial charge in [-0.15, -0.1) is 6.42 Å². The van der Waals surface area contributed by atoms with E-state index in [0.29, 0.717) is 11.5 Å². The average molecular weight is 547 g/mol. The number of furan rings is 1. The molecule has 2 aromatic heterocycles. The topological polar surface area (TPSA) is 121 Å². The molecule has 11 heteroatoms. The molecule has 0 spiro atoms. The molecule has 0 radical (unpaired) electrons. The zero-order valence-electron chi connectivity index (χ0n) is 21.0. The zero-order chi connectivity index (χ0) is 27.9. The third-order valence-corrected chi connectivity index (χ3v) is 5.78. The molecule has 0 unspecified atom stereocenters. The highest BCUT2D eigenvalue weighted by Crippen LogP contribution is 2.33. The van der Waals surface area contributed by atoms with Gasteiger partial charge in [-0.2, -0.15) is 5.10 Å². The second-order valence-electron chi connectivity index (χ2n) is 8.29. The summed E-state index contributed by atoms with van der Waals surface area (Å²) in [6.45, 7) is 4.00. The Labute approximate surface area is 228 Å². The van der Waals surface area contributed by atoms with Crippen LogP contribution in [0.15, 0.2) is 70.2 Å². The Kier molecular flexibility index (Phi) is 8.33. The molecule has 0 aliphatic heterocycles. The molecule has 4 aromatic rings. The van der Waals surface area contributed by atoms with Crippen LogP contribution in [-0.2, 0) is 6.61 Å². The lowest BCUT2D eigenvalue weighted by molar-refractivity contribution is -0.385. The number of rotatable bonds is 10. The number of hydrogen-bond acceptors (Lipinski definition) is 7. The van der Waals surface area contributed by atoms with Crippen molar-refractivity contribution in [3.05, 3.63) is 104 Å². The number of amides is 1. The van der Waals surface area contributed by atoms with E-state index >= 15 is 0 Å². The van der Waals surface area contributed by atoms with Gasteiger partial charge in [0.05, 0.1) is 11.1 Å². The first kappa shape index (κ1) is 27.0. The molecule has 0 bridgehead atoms. The minimum Gasteiger partial charge on any atom is -0.486 e. The van der Waals surface area contributed by atoms with Crippen LogP contribution >= 0.6 is 11.6 Å². The van der Waals surface area contributed by atoms with E-state index in [1.165, 1.54) is 12.1 Å². The first-order valence-electron chi connectivity index (χ1n) is 11.6. The van der Waals surface area contributed by atoms with Crippen LogP contribution in [0, 0.1) is 36.3 Å². The summed E-state index contributed by atoms with van der Waals surface area (Å²) in [5.41, 5.74) is 5.38. The van der Waals surface area contributed by atoms with Gasteiger partial charge >= 0.3 is 11.6 Å². The molecule has 2 heterocycles. The van der Waals surface area contributed by atoms with Crippen LogP contribution in [0.3, 0.4) is 0 Å². The Balaban J connectivity index is 1.37. The maximum Gasteiger partial charge on any atom is 0.313 e. The van der Waals surface area contributed by atoms with Crippen molar-refractivity contribution < 1.29 is 23.6 Å². The van der Waals surface area contributed by atoms with E-state index in [1.54, 1.807) is 6.07 Å². The van der Waals surface area contributed by atoms with Crippen molar-refractivity contribution >= 4 is 29.4 Å². The number of hydrogen-bond donors (Lipinski definition) is 1. The van der Waals surface area contributed by atoms with E-state index in [1.807, 2.05) is 38.1 Å². The van der Waals surface area contributed by atoms with E-state index in [-0.39, 0.29) is 41.0 Å². The highest BCUT2D eigenvalue weighted by Gasteiger charge is 2.20. The van der Waals surface area contributed by atoms with E-state index in [4.69, 9.17) is 31.9 Å². The van der Waals surface area contributed by atoms with E-state index < -0.39 is 10.8 Å². The van der Waals surface area contributed by atoms with Crippen LogP contribution < -0.4 is 14.9 Å². The van der Waals surface area contributed by atoms with Crippen LogP contribution in [-0.4, -0.2) is 28.2 Å². The van der Waals surface area contributed by atoms with Gasteiger partial charge in [0.1, 0.15) is 24.7 Å². The number of carbonyl (C=O) groups excluding carboxylic acids is 1. The molecule has 198 valence electrons. The molecule has 10 nitrogen and oxygen atoms in total. The fraction of sp³-hybridized carbons (Fsp3) is 0.143. The number of nitrogens with one attached hydrogen (secondary N) is 1. The van der Waals surface area contributed by atoms with Gasteiger partial charge in [-0.1, -0.05) is 17.5 Å². The van der Waals surface area contributed by atoms with Crippen LogP contribution in [0.25, 0.3) is 5.69 Å². The van der Waals surface area contributed by atoms with Gasteiger partial charge in [-0.25, -0.2) is 5.43 Å². The third-order valence-electron chi connectivity index (χ3n) is 5.56. The maximum atomic E-state index is 12.5. The molecular formula is C28H23ClN4O6. The summed E-state index contributed by atoms with van der Waals surface area (Å²) >= 11 is 5.98. The highest BCUT2D eigenvalue weighted by molar-refractivity contribution is 6.31. The number of benzene rings is 2. The molecule has 0 saturated carbocycles. The van der Waals surface area contributed by atoms with Gasteiger partial charge in [-0.3, -0.25) is 14.9 Å². The summed E-state index contributed by atoms with van der Waals surface area (Å²) in [5.74, 6) is 2.56. The number of halogens is 1. The number of aromatic nitrogens is 1. The molecule has 0 aliphatic rings. The maximum absolute atomic E-state index is 12.5. The second kappa shape index (κ2) is 12.0. The summed E-state index contributed by atoms with van der Waals surface area (Å²) in [4.78, 5) is 23.2. The first-order chi connectivity index (χ1) is 18.8. The lowest BCUT2D eigenvalue weighted by Gasteiger charge is -2.10. The number of nitrogens with zero attached hydrogens (tertiary/aromatic N) is 3. The lowest BCUT2D eigenvalue weighted by Crippen LogP contribution is -2.17. The molecule has 1 N–H and O–H groups in total. The minimum absolute atomic E-state index is 0.000496. The molecular weight excluding hydrogens is 524 g/mol. The van der Waals surface area contributed by atoms with Gasteiger partial charge in [0.25, 0.3) is 0 Å². The summed E-state index contributed by atoms with van der Waals surface area (Å²) in [7, 11) is 0. The van der Waals surface area contributed by atoms with Crippen molar-refractivity contribution in [3.8, 4) is 29.5 Å². The first-order valence-corrected chi connectivity index (χ1v) is 12.0. The largest absolute Gasteiger partial charge is 0.486 e. The Bertz CT molecular complexity index is 1560. The number of ether oxygens (including phenoxy) is 2. The number of nitro benzene ring substituents is 1. The van der Waals surface area contributed by atoms with Gasteiger partial charge in [0, 0.05) is 33.7 Å². The fourth-order valence-electron chi connectivity index (χ4n) is 3.82. The smallest absolute Gasteiger partial charge is 0.313 e. The molecule has 2 aromatic carbocycles. The lowest BCUT2D eigenvalue weighted by atomic mass is 10.2. The molecule has 39 heavy (non-hydrogen) atoms. The Morgan fingerprint density at radius 3 is 2.54 bits per heavy atom. The van der Waals surface area contributed by atoms with Crippen molar-refractivity contribution in [2.75, 3.05) is 6.61 Å². The predicted molar refractivity (Wildman–Crippen MR) is 146 cm³/mol. The predicted octanol–water partition coefficient (Wildman–Crippen LogP) is 5.60. The van der Waals surface area contributed by atoms with E-state index in [2.05, 4.69) is 33.1 Å². The van der Waals surface area contributed by atoms with Crippen LogP contribution in [0.5, 0.6) is 11.5 Å². The Morgan fingerprint density at radius 2 is 1.87 bits per heavy atom. The SMILES string of the molecule is C#CCOc1c(/C=N/NC(=O)c2ccc(COc3ccc(-n4c(C)ccc4C)cc3)o2)cc(Cl)cc1[N+](=O)[O-]. The van der Waals surface area contributed by atoms with Gasteiger partial charge < -0.3 is 18.5 Å². The van der Waals surface area contributed by atoms with Crippen LogP contribution in [0.1, 0.15) is 33.3 Å². The van der Waals surface area contributed by atoms with Crippen molar-refractivity contribution in [2.24, 2.45) is 5.10 Å². The van der Waals surface area contributed by atoms with E-state index in [0.717, 1.165) is 29.4 Å². The van der Waals surface area contributed by atoms with Crippen molar-refractivity contribution in [1.29, 1.82) is 0 Å². The monoisotopic (exact) mass is 546 g/mol. The standard InChI is InChI=1S/C28H23ClN4O6/c1-4-13-37-27-20(14-21(29)15-25(27)33(35)36)16-30-31-28(34)26-12-11-24(39-26)17-38-23-9-7-22(8-10-23)32-18(2)5-6-19(32)3/h1,5-12,14-16H,13,17H2,2-3H3,(H,31,34)/b30-16+. The number of nitro groups is 1. The summed E-state index contributed by atoms with van der Waals surface area (Å²) in [6.07, 6.45) is 6.36. The molecule has 0 saturated heterocycles. The van der Waals surface area contributed by atoms with Gasteiger partial charge in [0.2, 0.25) is 5.75 Å². The summed E-state index contributed by atoms with van der Waals surface area (Å²) < 4.78 is 18.8. The minimum atomic E-state index is -0.654. The number of hydrazone groups is 1. The highest BCUT2D eigenvalue weighted by atomic mass is 35.5. The Hall–Kier alpha value is -5.01. The second-order valence-corrected chi connectivity index (χ2v) is 8.73. The molecule has 0 aliphatic carbocycles. The third kappa shape index (κ3) is 6.47. The summed E-state index contributed by atoms with van der Waals surface area (Å²) in [5, 5.41) is 15.3. The normalized spacial score (nSPS) is 10.8. The van der Waals surface area contributed by atoms with Gasteiger partial charge in [-0.05, 0) is 68.4 Å². The molecule has 4 rings (SSSR count). The zero-order valence-corrected chi connectivity index (χ0v) is 21.8. The van der Waals surface area contributed by atoms with Crippen molar-refractivity contribution in [1.82, 2.24) is 9.99 Å². The van der Waals surface area contributed by atoms with Crippen LogP contribution in [0.2, 0.25) is 5.02 Å². The molecule has 0 fully saturated rings. The van der Waals surface area contributed by atoms with Crippen molar-refractivity contribution in [2.45, 2.75) is 20.5 Å². The Morgan fingerprint density at radius 1 is 1.15 bits per heavy atom. The quantitative estimate of drug-likeness (QED) is 0.119. The average Bonchev–Trinajstić information content (AvgIpc) is 3.53.